The molecule has 0 aliphatic carbocycles. The van der Waals surface area contributed by atoms with E-state index in [0.717, 1.165) is 16.7 Å². The van der Waals surface area contributed by atoms with Crippen LogP contribution < -0.4 is 5.32 Å². The SMILES string of the molecule is C=C(c1ccccc1)c1cnc2nc(-c3cc(NC(=O)c4oc(C)nc4C)ccc3F)cn2c1. The highest BCUT2D eigenvalue weighted by atomic mass is 19.1. The number of aromatic nitrogens is 4. The Hall–Kier alpha value is -4.59. The molecule has 0 fully saturated rings. The highest BCUT2D eigenvalue weighted by Gasteiger charge is 2.18. The van der Waals surface area contributed by atoms with E-state index in [1.54, 1.807) is 30.6 Å². The average Bonchev–Trinajstić information content (AvgIpc) is 3.42. The number of hydrogen-bond acceptors (Lipinski definition) is 5. The number of rotatable bonds is 5. The van der Waals surface area contributed by atoms with Crippen molar-refractivity contribution >= 4 is 22.9 Å². The average molecular weight is 453 g/mol. The van der Waals surface area contributed by atoms with Crippen molar-refractivity contribution < 1.29 is 13.6 Å². The maximum Gasteiger partial charge on any atom is 0.293 e. The fraction of sp³-hybridized carbons (Fsp3) is 0.0769. The van der Waals surface area contributed by atoms with Crippen LogP contribution in [0.1, 0.15) is 33.3 Å². The van der Waals surface area contributed by atoms with E-state index in [1.807, 2.05) is 36.5 Å². The first kappa shape index (κ1) is 21.3. The van der Waals surface area contributed by atoms with E-state index in [2.05, 4.69) is 26.8 Å². The van der Waals surface area contributed by atoms with Crippen molar-refractivity contribution in [3.05, 3.63) is 108 Å². The summed E-state index contributed by atoms with van der Waals surface area (Å²) in [5.41, 5.74) is 4.12. The van der Waals surface area contributed by atoms with Gasteiger partial charge in [0.2, 0.25) is 11.5 Å². The Morgan fingerprint density at radius 2 is 1.85 bits per heavy atom. The lowest BCUT2D eigenvalue weighted by Crippen LogP contribution is -2.12. The second-order valence-electron chi connectivity index (χ2n) is 7.82. The zero-order valence-corrected chi connectivity index (χ0v) is 18.5. The Bertz CT molecular complexity index is 1550. The standard InChI is InChI=1S/C26H20FN5O2/c1-15(18-7-5-4-6-8-18)19-12-28-26-31-23(14-32(26)13-19)21-11-20(9-10-22(21)27)30-25(33)24-16(2)29-17(3)34-24/h4-14H,1H2,2-3H3,(H,30,33). The molecule has 5 aromatic rings. The molecule has 7 nitrogen and oxygen atoms in total. The van der Waals surface area contributed by atoms with E-state index in [-0.39, 0.29) is 11.3 Å². The van der Waals surface area contributed by atoms with Crippen LogP contribution in [0.2, 0.25) is 0 Å². The lowest BCUT2D eigenvalue weighted by atomic mass is 10.0. The van der Waals surface area contributed by atoms with E-state index in [0.29, 0.717) is 28.7 Å². The van der Waals surface area contributed by atoms with E-state index in [4.69, 9.17) is 4.42 Å². The molecule has 1 amide bonds. The molecule has 0 saturated heterocycles. The Morgan fingerprint density at radius 3 is 2.59 bits per heavy atom. The van der Waals surface area contributed by atoms with Crippen LogP contribution in [0.4, 0.5) is 10.1 Å². The van der Waals surface area contributed by atoms with Gasteiger partial charge in [0.1, 0.15) is 5.82 Å². The van der Waals surface area contributed by atoms with Gasteiger partial charge in [0.15, 0.2) is 5.89 Å². The van der Waals surface area contributed by atoms with Crippen LogP contribution in [0.3, 0.4) is 0 Å². The molecule has 168 valence electrons. The third-order valence-corrected chi connectivity index (χ3v) is 5.39. The van der Waals surface area contributed by atoms with Crippen molar-refractivity contribution in [1.29, 1.82) is 0 Å². The summed E-state index contributed by atoms with van der Waals surface area (Å²) in [6, 6.07) is 14.1. The Balaban J connectivity index is 1.45. The summed E-state index contributed by atoms with van der Waals surface area (Å²) in [7, 11) is 0. The minimum absolute atomic E-state index is 0.117. The van der Waals surface area contributed by atoms with E-state index < -0.39 is 11.7 Å². The number of nitrogens with zero attached hydrogens (tertiary/aromatic N) is 4. The first-order valence-corrected chi connectivity index (χ1v) is 10.5. The maximum absolute atomic E-state index is 14.7. The van der Waals surface area contributed by atoms with Crippen LogP contribution in [-0.4, -0.2) is 25.3 Å². The van der Waals surface area contributed by atoms with E-state index in [9.17, 15) is 9.18 Å². The molecule has 0 spiro atoms. The number of amides is 1. The molecule has 2 aromatic carbocycles. The number of benzene rings is 2. The molecule has 0 radical (unpaired) electrons. The number of aryl methyl sites for hydroxylation is 2. The van der Waals surface area contributed by atoms with Gasteiger partial charge >= 0.3 is 0 Å². The molecule has 1 N–H and O–H groups in total. The predicted molar refractivity (Wildman–Crippen MR) is 127 cm³/mol. The first-order valence-electron chi connectivity index (χ1n) is 10.5. The number of oxazole rings is 1. The van der Waals surface area contributed by atoms with Gasteiger partial charge in [0.25, 0.3) is 5.91 Å². The Labute approximate surface area is 194 Å². The summed E-state index contributed by atoms with van der Waals surface area (Å²) in [6.45, 7) is 7.52. The van der Waals surface area contributed by atoms with Crippen molar-refractivity contribution in [2.75, 3.05) is 5.32 Å². The summed E-state index contributed by atoms with van der Waals surface area (Å²) in [6.07, 6.45) is 5.24. The second-order valence-corrected chi connectivity index (χ2v) is 7.82. The molecular formula is C26H20FN5O2. The van der Waals surface area contributed by atoms with E-state index >= 15 is 0 Å². The van der Waals surface area contributed by atoms with Gasteiger partial charge in [0.05, 0.1) is 11.4 Å². The molecule has 8 heteroatoms. The van der Waals surface area contributed by atoms with Crippen LogP contribution >= 0.6 is 0 Å². The molecule has 0 aliphatic rings. The third kappa shape index (κ3) is 3.97. The minimum atomic E-state index is -0.470. The quantitative estimate of drug-likeness (QED) is 0.382. The summed E-state index contributed by atoms with van der Waals surface area (Å²) in [4.78, 5) is 25.5. The number of anilines is 1. The lowest BCUT2D eigenvalue weighted by molar-refractivity contribution is 0.0994. The van der Waals surface area contributed by atoms with Crippen LogP contribution in [0.5, 0.6) is 0 Å². The number of carbonyl (C=O) groups excluding carboxylic acids is 1. The Morgan fingerprint density at radius 1 is 1.06 bits per heavy atom. The lowest BCUT2D eigenvalue weighted by Gasteiger charge is -2.06. The molecule has 5 rings (SSSR count). The van der Waals surface area contributed by atoms with Gasteiger partial charge in [-0.05, 0) is 36.3 Å². The molecule has 0 aliphatic heterocycles. The van der Waals surface area contributed by atoms with Crippen molar-refractivity contribution in [1.82, 2.24) is 19.4 Å². The fourth-order valence-corrected chi connectivity index (χ4v) is 3.71. The zero-order chi connectivity index (χ0) is 23.8. The first-order chi connectivity index (χ1) is 16.4. The molecule has 0 atom stereocenters. The van der Waals surface area contributed by atoms with Gasteiger partial charge in [-0.3, -0.25) is 9.20 Å². The van der Waals surface area contributed by atoms with Crippen molar-refractivity contribution in [3.63, 3.8) is 0 Å². The van der Waals surface area contributed by atoms with Gasteiger partial charge in [0, 0.05) is 42.3 Å². The highest BCUT2D eigenvalue weighted by molar-refractivity contribution is 6.03. The van der Waals surface area contributed by atoms with Crippen LogP contribution in [0, 0.1) is 19.7 Å². The molecule has 0 saturated carbocycles. The largest absolute Gasteiger partial charge is 0.436 e. The highest BCUT2D eigenvalue weighted by Crippen LogP contribution is 2.27. The smallest absolute Gasteiger partial charge is 0.293 e. The number of carbonyl (C=O) groups is 1. The van der Waals surface area contributed by atoms with E-state index in [1.165, 1.54) is 18.2 Å². The predicted octanol–water partition coefficient (Wildman–Crippen LogP) is 5.45. The second kappa shape index (κ2) is 8.40. The third-order valence-electron chi connectivity index (χ3n) is 5.39. The van der Waals surface area contributed by atoms with Crippen LogP contribution in [-0.2, 0) is 0 Å². The number of halogens is 1. The molecular weight excluding hydrogens is 433 g/mol. The van der Waals surface area contributed by atoms with Crippen LogP contribution in [0.25, 0.3) is 22.6 Å². The summed E-state index contributed by atoms with van der Waals surface area (Å²) < 4.78 is 21.8. The van der Waals surface area contributed by atoms with Gasteiger partial charge < -0.3 is 9.73 Å². The Kier molecular flexibility index (Phi) is 5.25. The van der Waals surface area contributed by atoms with Crippen LogP contribution in [0.15, 0.2) is 78.1 Å². The summed E-state index contributed by atoms with van der Waals surface area (Å²) >= 11 is 0. The number of fused-ring (bicyclic) bond motifs is 1. The molecule has 34 heavy (non-hydrogen) atoms. The van der Waals surface area contributed by atoms with Gasteiger partial charge in [-0.15, -0.1) is 0 Å². The normalized spacial score (nSPS) is 11.0. The summed E-state index contributed by atoms with van der Waals surface area (Å²) in [5.74, 6) is 0.0000532. The monoisotopic (exact) mass is 453 g/mol. The van der Waals surface area contributed by atoms with Crippen molar-refractivity contribution in [2.45, 2.75) is 13.8 Å². The molecule has 0 bridgehead atoms. The van der Waals surface area contributed by atoms with Crippen molar-refractivity contribution in [3.8, 4) is 11.3 Å². The van der Waals surface area contributed by atoms with Gasteiger partial charge in [-0.25, -0.2) is 19.3 Å². The molecule has 3 aromatic heterocycles. The molecule has 0 unspecified atom stereocenters. The van der Waals surface area contributed by atoms with Crippen molar-refractivity contribution in [2.24, 2.45) is 0 Å². The minimum Gasteiger partial charge on any atom is -0.436 e. The van der Waals surface area contributed by atoms with Gasteiger partial charge in [-0.2, -0.15) is 0 Å². The topological polar surface area (TPSA) is 85.3 Å². The number of imidazole rings is 1. The number of hydrogen-bond donors (Lipinski definition) is 1. The summed E-state index contributed by atoms with van der Waals surface area (Å²) in [5, 5.41) is 2.72. The molecule has 3 heterocycles. The van der Waals surface area contributed by atoms with Gasteiger partial charge in [-0.1, -0.05) is 36.9 Å². The number of nitrogens with one attached hydrogen (secondary N) is 1. The zero-order valence-electron chi connectivity index (χ0n) is 18.5. The maximum atomic E-state index is 14.7. The fourth-order valence-electron chi connectivity index (χ4n) is 3.71.